The lowest BCUT2D eigenvalue weighted by Gasteiger charge is -2.00. The molecular formula is C7H10FNO2. The number of rotatable bonds is 1. The molecule has 3 nitrogen and oxygen atoms in total. The summed E-state index contributed by atoms with van der Waals surface area (Å²) in [4.78, 5) is 10.4. The number of hydrogen-bond donors (Lipinski definition) is 2. The average molecular weight is 159 g/mol. The predicted molar refractivity (Wildman–Crippen MR) is 37.5 cm³/mol. The predicted octanol–water partition coefficient (Wildman–Crippen LogP) is 0.662. The van der Waals surface area contributed by atoms with Gasteiger partial charge in [-0.3, -0.25) is 4.79 Å². The minimum absolute atomic E-state index is 0.257. The Morgan fingerprint density at radius 1 is 1.82 bits per heavy atom. The molecule has 0 aromatic rings. The molecule has 11 heavy (non-hydrogen) atoms. The molecule has 0 aliphatic heterocycles. The zero-order chi connectivity index (χ0) is 8.43. The largest absolute Gasteiger partial charge is 0.481 e. The Balaban J connectivity index is 2.64. The molecule has 0 unspecified atom stereocenters. The van der Waals surface area contributed by atoms with Gasteiger partial charge in [-0.1, -0.05) is 0 Å². The number of nitrogens with two attached hydrogens (primary N) is 1. The third-order valence-electron chi connectivity index (χ3n) is 1.99. The Bertz CT molecular complexity index is 203. The maximum Gasteiger partial charge on any atom is 0.306 e. The summed E-state index contributed by atoms with van der Waals surface area (Å²) in [6.07, 6.45) is 1.03. The van der Waals surface area contributed by atoms with E-state index in [4.69, 9.17) is 10.8 Å². The highest BCUT2D eigenvalue weighted by Crippen LogP contribution is 2.29. The molecule has 1 saturated carbocycles. The van der Waals surface area contributed by atoms with Crippen LogP contribution in [0.5, 0.6) is 0 Å². The molecule has 1 fully saturated rings. The van der Waals surface area contributed by atoms with Crippen LogP contribution in [0.15, 0.2) is 11.9 Å². The van der Waals surface area contributed by atoms with Crippen LogP contribution in [-0.4, -0.2) is 17.1 Å². The van der Waals surface area contributed by atoms with E-state index in [0.29, 0.717) is 18.3 Å². The van der Waals surface area contributed by atoms with E-state index < -0.39 is 17.9 Å². The van der Waals surface area contributed by atoms with Crippen molar-refractivity contribution in [1.82, 2.24) is 0 Å². The first kappa shape index (κ1) is 8.20. The number of carbonyl (C=O) groups is 1. The first-order chi connectivity index (χ1) is 5.15. The van der Waals surface area contributed by atoms with Gasteiger partial charge in [0.1, 0.15) is 0 Å². The SMILES string of the molecule is N[C@H]1C[C@@H](C(=O)O)C/C1=C/F. The molecule has 0 radical (unpaired) electrons. The van der Waals surface area contributed by atoms with Gasteiger partial charge in [0.2, 0.25) is 0 Å². The van der Waals surface area contributed by atoms with E-state index in [1.807, 2.05) is 0 Å². The van der Waals surface area contributed by atoms with Gasteiger partial charge in [0.15, 0.2) is 0 Å². The Morgan fingerprint density at radius 2 is 2.45 bits per heavy atom. The molecule has 1 aliphatic carbocycles. The van der Waals surface area contributed by atoms with Gasteiger partial charge in [-0.15, -0.1) is 0 Å². The smallest absolute Gasteiger partial charge is 0.306 e. The molecule has 62 valence electrons. The van der Waals surface area contributed by atoms with Gasteiger partial charge in [-0.05, 0) is 18.4 Å². The third kappa shape index (κ3) is 1.57. The second-order valence-corrected chi connectivity index (χ2v) is 2.77. The number of carboxylic acid groups (broad SMARTS) is 1. The van der Waals surface area contributed by atoms with Crippen molar-refractivity contribution in [2.45, 2.75) is 18.9 Å². The highest BCUT2D eigenvalue weighted by atomic mass is 19.1. The molecule has 4 heteroatoms. The van der Waals surface area contributed by atoms with Gasteiger partial charge < -0.3 is 10.8 Å². The summed E-state index contributed by atoms with van der Waals surface area (Å²) in [5.41, 5.74) is 5.86. The van der Waals surface area contributed by atoms with Gasteiger partial charge >= 0.3 is 5.97 Å². The molecule has 2 atom stereocenters. The molecule has 1 aliphatic rings. The second-order valence-electron chi connectivity index (χ2n) is 2.77. The van der Waals surface area contributed by atoms with Crippen molar-refractivity contribution in [2.24, 2.45) is 11.7 Å². The zero-order valence-electron chi connectivity index (χ0n) is 5.96. The van der Waals surface area contributed by atoms with Crippen LogP contribution in [0.25, 0.3) is 0 Å². The lowest BCUT2D eigenvalue weighted by molar-refractivity contribution is -0.141. The molecule has 0 aromatic heterocycles. The van der Waals surface area contributed by atoms with E-state index in [0.717, 1.165) is 0 Å². The van der Waals surface area contributed by atoms with Crippen molar-refractivity contribution in [2.75, 3.05) is 0 Å². The molecule has 0 heterocycles. The molecular weight excluding hydrogens is 149 g/mol. The summed E-state index contributed by atoms with van der Waals surface area (Å²) in [5, 5.41) is 8.54. The van der Waals surface area contributed by atoms with Crippen LogP contribution in [0.3, 0.4) is 0 Å². The Kier molecular flexibility index (Phi) is 2.24. The maximum atomic E-state index is 12.0. The molecule has 0 amide bonds. The fourth-order valence-electron chi connectivity index (χ4n) is 1.29. The van der Waals surface area contributed by atoms with Crippen molar-refractivity contribution in [3.05, 3.63) is 11.9 Å². The summed E-state index contributed by atoms with van der Waals surface area (Å²) in [5.74, 6) is -1.38. The molecule has 1 rings (SSSR count). The summed E-state index contributed by atoms with van der Waals surface area (Å²) >= 11 is 0. The van der Waals surface area contributed by atoms with Crippen LogP contribution in [-0.2, 0) is 4.79 Å². The van der Waals surface area contributed by atoms with E-state index in [1.54, 1.807) is 0 Å². The highest BCUT2D eigenvalue weighted by Gasteiger charge is 2.31. The molecule has 3 N–H and O–H groups in total. The summed E-state index contributed by atoms with van der Waals surface area (Å²) in [7, 11) is 0. The minimum atomic E-state index is -0.891. The number of halogens is 1. The van der Waals surface area contributed by atoms with E-state index in [2.05, 4.69) is 0 Å². The van der Waals surface area contributed by atoms with Gasteiger partial charge in [0, 0.05) is 6.04 Å². The van der Waals surface area contributed by atoms with E-state index in [1.165, 1.54) is 0 Å². The second kappa shape index (κ2) is 3.00. The van der Waals surface area contributed by atoms with Gasteiger partial charge in [0.25, 0.3) is 0 Å². The quantitative estimate of drug-likeness (QED) is 0.590. The van der Waals surface area contributed by atoms with E-state index in [9.17, 15) is 9.18 Å². The normalized spacial score (nSPS) is 34.5. The average Bonchev–Trinajstić information content (AvgIpc) is 2.31. The minimum Gasteiger partial charge on any atom is -0.481 e. The summed E-state index contributed by atoms with van der Waals surface area (Å²) in [6, 6.07) is -0.402. The molecule has 0 bridgehead atoms. The summed E-state index contributed by atoms with van der Waals surface area (Å²) in [6.45, 7) is 0. The van der Waals surface area contributed by atoms with Gasteiger partial charge in [-0.2, -0.15) is 0 Å². The van der Waals surface area contributed by atoms with Crippen LogP contribution in [0.2, 0.25) is 0 Å². The summed E-state index contributed by atoms with van der Waals surface area (Å²) < 4.78 is 12.0. The monoisotopic (exact) mass is 159 g/mol. The topological polar surface area (TPSA) is 63.3 Å². The first-order valence-corrected chi connectivity index (χ1v) is 3.42. The third-order valence-corrected chi connectivity index (χ3v) is 1.99. The van der Waals surface area contributed by atoms with E-state index in [-0.39, 0.29) is 6.42 Å². The van der Waals surface area contributed by atoms with Crippen molar-refractivity contribution in [1.29, 1.82) is 0 Å². The molecule has 0 spiro atoms. The first-order valence-electron chi connectivity index (χ1n) is 3.42. The highest BCUT2D eigenvalue weighted by molar-refractivity contribution is 5.71. The number of hydrogen-bond acceptors (Lipinski definition) is 2. The number of carboxylic acids is 1. The van der Waals surface area contributed by atoms with E-state index >= 15 is 0 Å². The Morgan fingerprint density at radius 3 is 2.73 bits per heavy atom. The van der Waals surface area contributed by atoms with Crippen LogP contribution in [0.1, 0.15) is 12.8 Å². The van der Waals surface area contributed by atoms with Crippen LogP contribution in [0.4, 0.5) is 4.39 Å². The van der Waals surface area contributed by atoms with Crippen LogP contribution >= 0.6 is 0 Å². The number of aliphatic carboxylic acids is 1. The maximum absolute atomic E-state index is 12.0. The fraction of sp³-hybridized carbons (Fsp3) is 0.571. The van der Waals surface area contributed by atoms with Crippen molar-refractivity contribution in [3.8, 4) is 0 Å². The van der Waals surface area contributed by atoms with Crippen molar-refractivity contribution in [3.63, 3.8) is 0 Å². The lowest BCUT2D eigenvalue weighted by Crippen LogP contribution is -2.18. The molecule has 0 saturated heterocycles. The van der Waals surface area contributed by atoms with Crippen LogP contribution in [0, 0.1) is 5.92 Å². The zero-order valence-corrected chi connectivity index (χ0v) is 5.96. The molecule has 0 aromatic carbocycles. The fourth-order valence-corrected chi connectivity index (χ4v) is 1.29. The van der Waals surface area contributed by atoms with Crippen molar-refractivity contribution < 1.29 is 14.3 Å². The van der Waals surface area contributed by atoms with Gasteiger partial charge in [-0.25, -0.2) is 4.39 Å². The lowest BCUT2D eigenvalue weighted by atomic mass is 10.1. The standard InChI is InChI=1S/C7H10FNO2/c8-3-5-1-4(7(10)11)2-6(5)9/h3-4,6H,1-2,9H2,(H,10,11)/b5-3-/t4-,6-/m0/s1. The van der Waals surface area contributed by atoms with Crippen molar-refractivity contribution >= 4 is 5.97 Å². The van der Waals surface area contributed by atoms with Crippen LogP contribution < -0.4 is 5.73 Å². The Labute approximate surface area is 63.7 Å². The Hall–Kier alpha value is -0.900. The van der Waals surface area contributed by atoms with Gasteiger partial charge in [0.05, 0.1) is 12.2 Å².